The summed E-state index contributed by atoms with van der Waals surface area (Å²) < 4.78 is 19.0. The number of carboxylic acid groups (broad SMARTS) is 2. The Kier molecular flexibility index (Phi) is 5.45. The minimum atomic E-state index is -1.19. The molecule has 0 fully saturated rings. The number of rotatable bonds is 7. The minimum Gasteiger partial charge on any atom is -0.496 e. The van der Waals surface area contributed by atoms with Crippen molar-refractivity contribution < 1.29 is 28.9 Å². The quantitative estimate of drug-likeness (QED) is 0.786. The lowest BCUT2D eigenvalue weighted by Crippen LogP contribution is -2.37. The van der Waals surface area contributed by atoms with Gasteiger partial charge in [-0.3, -0.25) is 14.5 Å². The molecule has 0 spiro atoms. The van der Waals surface area contributed by atoms with E-state index < -0.39 is 36.9 Å². The summed E-state index contributed by atoms with van der Waals surface area (Å²) in [6, 6.07) is 3.46. The number of benzene rings is 1. The fourth-order valence-corrected chi connectivity index (χ4v) is 1.96. The van der Waals surface area contributed by atoms with Gasteiger partial charge in [-0.05, 0) is 19.1 Å². The number of hydrogen-bond acceptors (Lipinski definition) is 4. The van der Waals surface area contributed by atoms with Crippen LogP contribution in [-0.2, 0) is 9.59 Å². The van der Waals surface area contributed by atoms with Gasteiger partial charge in [-0.2, -0.15) is 0 Å². The van der Waals surface area contributed by atoms with Crippen LogP contribution in [0.5, 0.6) is 5.75 Å². The maximum absolute atomic E-state index is 13.9. The molecule has 0 radical (unpaired) electrons. The van der Waals surface area contributed by atoms with Crippen molar-refractivity contribution >= 4 is 11.9 Å². The van der Waals surface area contributed by atoms with Gasteiger partial charge in [0, 0.05) is 11.6 Å². The van der Waals surface area contributed by atoms with Crippen LogP contribution in [0.15, 0.2) is 18.2 Å². The molecule has 0 bridgehead atoms. The highest BCUT2D eigenvalue weighted by molar-refractivity contribution is 5.72. The summed E-state index contributed by atoms with van der Waals surface area (Å²) in [4.78, 5) is 22.8. The molecule has 0 aliphatic rings. The maximum Gasteiger partial charge on any atom is 0.317 e. The van der Waals surface area contributed by atoms with E-state index in [1.54, 1.807) is 0 Å². The third-order valence-corrected chi connectivity index (χ3v) is 2.88. The molecule has 110 valence electrons. The first-order chi connectivity index (χ1) is 9.36. The van der Waals surface area contributed by atoms with Crippen LogP contribution >= 0.6 is 0 Å². The van der Waals surface area contributed by atoms with Gasteiger partial charge < -0.3 is 14.9 Å². The molecular formula is C13H16FNO5. The van der Waals surface area contributed by atoms with Crippen LogP contribution in [0.2, 0.25) is 0 Å². The Morgan fingerprint density at radius 3 is 2.30 bits per heavy atom. The molecule has 0 aromatic heterocycles. The average Bonchev–Trinajstić information content (AvgIpc) is 2.35. The zero-order valence-electron chi connectivity index (χ0n) is 11.2. The number of methoxy groups -OCH3 is 1. The second kappa shape index (κ2) is 6.85. The number of ether oxygens (including phenoxy) is 1. The Hall–Kier alpha value is -2.15. The van der Waals surface area contributed by atoms with Crippen LogP contribution < -0.4 is 4.74 Å². The predicted octanol–water partition coefficient (Wildman–Crippen LogP) is 1.37. The summed E-state index contributed by atoms with van der Waals surface area (Å²) in [5.41, 5.74) is 0.137. The molecule has 1 atom stereocenters. The van der Waals surface area contributed by atoms with Crippen LogP contribution in [0.1, 0.15) is 18.5 Å². The van der Waals surface area contributed by atoms with Crippen molar-refractivity contribution in [2.24, 2.45) is 0 Å². The summed E-state index contributed by atoms with van der Waals surface area (Å²) >= 11 is 0. The van der Waals surface area contributed by atoms with E-state index in [1.165, 1.54) is 32.2 Å². The van der Waals surface area contributed by atoms with Gasteiger partial charge in [-0.1, -0.05) is 6.07 Å². The van der Waals surface area contributed by atoms with Gasteiger partial charge in [0.25, 0.3) is 0 Å². The summed E-state index contributed by atoms with van der Waals surface area (Å²) in [7, 11) is 1.36. The molecule has 0 saturated heterocycles. The largest absolute Gasteiger partial charge is 0.496 e. The molecule has 1 aromatic carbocycles. The van der Waals surface area contributed by atoms with E-state index in [4.69, 9.17) is 14.9 Å². The van der Waals surface area contributed by atoms with E-state index in [-0.39, 0.29) is 11.3 Å². The molecule has 1 rings (SSSR count). The van der Waals surface area contributed by atoms with E-state index in [9.17, 15) is 14.0 Å². The fraction of sp³-hybridized carbons (Fsp3) is 0.385. The lowest BCUT2D eigenvalue weighted by atomic mass is 10.0. The standard InChI is InChI=1S/C13H16FNO5/c1-8(15(6-11(16)17)7-12(18)19)13-9(14)4-3-5-10(13)20-2/h3-5,8H,6-7H2,1-2H3,(H,16,17)(H,18,19). The van der Waals surface area contributed by atoms with Crippen molar-refractivity contribution in [1.82, 2.24) is 4.90 Å². The van der Waals surface area contributed by atoms with E-state index in [0.717, 1.165) is 4.90 Å². The van der Waals surface area contributed by atoms with Crippen molar-refractivity contribution in [2.45, 2.75) is 13.0 Å². The lowest BCUT2D eigenvalue weighted by molar-refractivity contribution is -0.142. The Balaban J connectivity index is 3.13. The number of carbonyl (C=O) groups is 2. The summed E-state index contributed by atoms with van der Waals surface area (Å²) in [6.07, 6.45) is 0. The third-order valence-electron chi connectivity index (χ3n) is 2.88. The molecule has 0 aliphatic carbocycles. The van der Waals surface area contributed by atoms with Gasteiger partial charge in [-0.25, -0.2) is 4.39 Å². The minimum absolute atomic E-state index is 0.137. The van der Waals surface area contributed by atoms with Crippen molar-refractivity contribution in [3.05, 3.63) is 29.6 Å². The maximum atomic E-state index is 13.9. The number of nitrogens with zero attached hydrogens (tertiary/aromatic N) is 1. The second-order valence-corrected chi connectivity index (χ2v) is 4.22. The molecule has 1 unspecified atom stereocenters. The molecule has 6 nitrogen and oxygen atoms in total. The van der Waals surface area contributed by atoms with E-state index in [0.29, 0.717) is 0 Å². The zero-order valence-corrected chi connectivity index (χ0v) is 11.2. The molecule has 0 aliphatic heterocycles. The number of hydrogen-bond donors (Lipinski definition) is 2. The number of aliphatic carboxylic acids is 2. The van der Waals surface area contributed by atoms with Crippen LogP contribution in [0.25, 0.3) is 0 Å². The molecular weight excluding hydrogens is 269 g/mol. The predicted molar refractivity (Wildman–Crippen MR) is 68.2 cm³/mol. The van der Waals surface area contributed by atoms with Crippen molar-refractivity contribution in [2.75, 3.05) is 20.2 Å². The van der Waals surface area contributed by atoms with Crippen LogP contribution in [-0.4, -0.2) is 47.3 Å². The fourth-order valence-electron chi connectivity index (χ4n) is 1.96. The molecule has 0 heterocycles. The van der Waals surface area contributed by atoms with Gasteiger partial charge in [0.15, 0.2) is 0 Å². The SMILES string of the molecule is COc1cccc(F)c1C(C)N(CC(=O)O)CC(=O)O. The monoisotopic (exact) mass is 285 g/mol. The first-order valence-electron chi connectivity index (χ1n) is 5.86. The molecule has 1 aromatic rings. The van der Waals surface area contributed by atoms with Gasteiger partial charge in [-0.15, -0.1) is 0 Å². The smallest absolute Gasteiger partial charge is 0.317 e. The topological polar surface area (TPSA) is 87.1 Å². The third kappa shape index (κ3) is 3.92. The molecule has 20 heavy (non-hydrogen) atoms. The highest BCUT2D eigenvalue weighted by Crippen LogP contribution is 2.31. The lowest BCUT2D eigenvalue weighted by Gasteiger charge is -2.27. The van der Waals surface area contributed by atoms with Crippen LogP contribution in [0.4, 0.5) is 4.39 Å². The summed E-state index contributed by atoms with van der Waals surface area (Å²) in [5, 5.41) is 17.7. The summed E-state index contributed by atoms with van der Waals surface area (Å²) in [6.45, 7) is 0.517. The van der Waals surface area contributed by atoms with E-state index in [1.807, 2.05) is 0 Å². The molecule has 7 heteroatoms. The van der Waals surface area contributed by atoms with Gasteiger partial charge in [0.1, 0.15) is 11.6 Å². The number of halogens is 1. The molecule has 2 N–H and O–H groups in total. The Morgan fingerprint density at radius 1 is 1.30 bits per heavy atom. The normalized spacial score (nSPS) is 12.2. The Bertz CT molecular complexity index is 490. The Labute approximate surface area is 115 Å². The zero-order chi connectivity index (χ0) is 15.3. The molecule has 0 saturated carbocycles. The van der Waals surface area contributed by atoms with Crippen LogP contribution in [0, 0.1) is 5.82 Å². The van der Waals surface area contributed by atoms with E-state index >= 15 is 0 Å². The van der Waals surface area contributed by atoms with Crippen molar-refractivity contribution in [3.63, 3.8) is 0 Å². The summed E-state index contributed by atoms with van der Waals surface area (Å²) in [5.74, 6) is -2.70. The van der Waals surface area contributed by atoms with Crippen molar-refractivity contribution in [3.8, 4) is 5.75 Å². The second-order valence-electron chi connectivity index (χ2n) is 4.22. The average molecular weight is 285 g/mol. The first kappa shape index (κ1) is 15.9. The highest BCUT2D eigenvalue weighted by Gasteiger charge is 2.25. The van der Waals surface area contributed by atoms with E-state index in [2.05, 4.69) is 0 Å². The van der Waals surface area contributed by atoms with Crippen molar-refractivity contribution in [1.29, 1.82) is 0 Å². The molecule has 0 amide bonds. The van der Waals surface area contributed by atoms with Gasteiger partial charge >= 0.3 is 11.9 Å². The number of carboxylic acids is 2. The Morgan fingerprint density at radius 2 is 1.85 bits per heavy atom. The van der Waals surface area contributed by atoms with Crippen LogP contribution in [0.3, 0.4) is 0 Å². The van der Waals surface area contributed by atoms with Gasteiger partial charge in [0.2, 0.25) is 0 Å². The van der Waals surface area contributed by atoms with Gasteiger partial charge in [0.05, 0.1) is 20.2 Å². The highest BCUT2D eigenvalue weighted by atomic mass is 19.1. The first-order valence-corrected chi connectivity index (χ1v) is 5.86.